The van der Waals surface area contributed by atoms with E-state index in [0.29, 0.717) is 23.8 Å². The molecule has 0 atom stereocenters. The molecule has 0 radical (unpaired) electrons. The Balaban J connectivity index is 2.74. The Morgan fingerprint density at radius 3 is 2.71 bits per heavy atom. The zero-order valence-corrected chi connectivity index (χ0v) is 10.9. The van der Waals surface area contributed by atoms with Crippen molar-refractivity contribution in [2.75, 3.05) is 25.5 Å². The predicted octanol–water partition coefficient (Wildman–Crippen LogP) is 1.38. The molecule has 0 saturated carbocycles. The van der Waals surface area contributed by atoms with Crippen molar-refractivity contribution >= 4 is 11.9 Å². The lowest BCUT2D eigenvalue weighted by Crippen LogP contribution is -2.26. The van der Waals surface area contributed by atoms with Gasteiger partial charge >= 0.3 is 0 Å². The van der Waals surface area contributed by atoms with E-state index in [2.05, 4.69) is 22.2 Å². The molecule has 0 aliphatic rings. The summed E-state index contributed by atoms with van der Waals surface area (Å²) in [5.41, 5.74) is 1.25. The minimum absolute atomic E-state index is 0.0961. The molecule has 1 rings (SSSR count). The molecular formula is C12H20N4O. The van der Waals surface area contributed by atoms with Crippen LogP contribution in [0.25, 0.3) is 0 Å². The fourth-order valence-corrected chi connectivity index (χ4v) is 1.37. The van der Waals surface area contributed by atoms with Gasteiger partial charge in [-0.05, 0) is 13.3 Å². The van der Waals surface area contributed by atoms with Gasteiger partial charge in [-0.15, -0.1) is 0 Å². The second-order valence-electron chi connectivity index (χ2n) is 4.17. The van der Waals surface area contributed by atoms with Gasteiger partial charge in [-0.25, -0.2) is 9.97 Å². The first kappa shape index (κ1) is 13.4. The summed E-state index contributed by atoms with van der Waals surface area (Å²) in [7, 11) is 3.74. The first-order valence-electron chi connectivity index (χ1n) is 5.85. The summed E-state index contributed by atoms with van der Waals surface area (Å²) in [6.07, 6.45) is 3.63. The van der Waals surface area contributed by atoms with Crippen LogP contribution < -0.4 is 10.2 Å². The van der Waals surface area contributed by atoms with E-state index in [1.165, 1.54) is 0 Å². The van der Waals surface area contributed by atoms with E-state index in [9.17, 15) is 4.79 Å². The standard InChI is InChI=1S/C12H20N4O/c1-5-6-7-13-11(17)10-8-14-12(16(3)4)15-9(10)2/h8H,5-7H2,1-4H3,(H,13,17). The number of hydrogen-bond acceptors (Lipinski definition) is 4. The van der Waals surface area contributed by atoms with Crippen LogP contribution in [-0.2, 0) is 0 Å². The van der Waals surface area contributed by atoms with Crippen molar-refractivity contribution in [3.63, 3.8) is 0 Å². The van der Waals surface area contributed by atoms with Crippen LogP contribution in [-0.4, -0.2) is 36.5 Å². The molecule has 17 heavy (non-hydrogen) atoms. The minimum Gasteiger partial charge on any atom is -0.352 e. The third-order valence-corrected chi connectivity index (χ3v) is 2.43. The van der Waals surface area contributed by atoms with Gasteiger partial charge in [0.15, 0.2) is 0 Å². The van der Waals surface area contributed by atoms with Gasteiger partial charge in [0.05, 0.1) is 11.3 Å². The highest BCUT2D eigenvalue weighted by atomic mass is 16.1. The topological polar surface area (TPSA) is 58.1 Å². The summed E-state index contributed by atoms with van der Waals surface area (Å²) in [5, 5.41) is 2.86. The van der Waals surface area contributed by atoms with E-state index >= 15 is 0 Å². The van der Waals surface area contributed by atoms with Crippen LogP contribution in [0.1, 0.15) is 35.8 Å². The van der Waals surface area contributed by atoms with Gasteiger partial charge in [-0.1, -0.05) is 13.3 Å². The van der Waals surface area contributed by atoms with Gasteiger partial charge in [0.25, 0.3) is 5.91 Å². The van der Waals surface area contributed by atoms with Gasteiger partial charge in [-0.2, -0.15) is 0 Å². The van der Waals surface area contributed by atoms with E-state index in [-0.39, 0.29) is 5.91 Å². The molecular weight excluding hydrogens is 216 g/mol. The maximum atomic E-state index is 11.8. The quantitative estimate of drug-likeness (QED) is 0.785. The molecule has 1 aromatic rings. The van der Waals surface area contributed by atoms with Crippen LogP contribution in [0.2, 0.25) is 0 Å². The number of anilines is 1. The normalized spacial score (nSPS) is 10.1. The molecule has 1 N–H and O–H groups in total. The maximum absolute atomic E-state index is 11.8. The highest BCUT2D eigenvalue weighted by Gasteiger charge is 2.11. The molecule has 0 bridgehead atoms. The SMILES string of the molecule is CCCCNC(=O)c1cnc(N(C)C)nc1C. The van der Waals surface area contributed by atoms with Crippen LogP contribution in [0.15, 0.2) is 6.20 Å². The lowest BCUT2D eigenvalue weighted by atomic mass is 10.2. The van der Waals surface area contributed by atoms with E-state index in [0.717, 1.165) is 12.8 Å². The summed E-state index contributed by atoms with van der Waals surface area (Å²) < 4.78 is 0. The molecule has 1 heterocycles. The third kappa shape index (κ3) is 3.69. The van der Waals surface area contributed by atoms with Gasteiger partial charge in [0.2, 0.25) is 5.95 Å². The molecule has 1 aromatic heterocycles. The van der Waals surface area contributed by atoms with Crippen LogP contribution >= 0.6 is 0 Å². The molecule has 0 aromatic carbocycles. The van der Waals surface area contributed by atoms with Crippen molar-refractivity contribution in [3.05, 3.63) is 17.5 Å². The number of hydrogen-bond donors (Lipinski definition) is 1. The van der Waals surface area contributed by atoms with Gasteiger partial charge < -0.3 is 10.2 Å². The highest BCUT2D eigenvalue weighted by Crippen LogP contribution is 2.08. The fourth-order valence-electron chi connectivity index (χ4n) is 1.37. The van der Waals surface area contributed by atoms with E-state index in [4.69, 9.17) is 0 Å². The molecule has 5 nitrogen and oxygen atoms in total. The van der Waals surface area contributed by atoms with Crippen LogP contribution in [0, 0.1) is 6.92 Å². The smallest absolute Gasteiger partial charge is 0.254 e. The average molecular weight is 236 g/mol. The third-order valence-electron chi connectivity index (χ3n) is 2.43. The Morgan fingerprint density at radius 1 is 1.47 bits per heavy atom. The van der Waals surface area contributed by atoms with E-state index in [1.54, 1.807) is 6.20 Å². The second kappa shape index (κ2) is 6.18. The molecule has 0 saturated heterocycles. The largest absolute Gasteiger partial charge is 0.352 e. The zero-order valence-electron chi connectivity index (χ0n) is 10.9. The molecule has 94 valence electrons. The molecule has 0 unspecified atom stereocenters. The number of amides is 1. The lowest BCUT2D eigenvalue weighted by Gasteiger charge is -2.12. The fraction of sp³-hybridized carbons (Fsp3) is 0.583. The van der Waals surface area contributed by atoms with Crippen LogP contribution in [0.4, 0.5) is 5.95 Å². The first-order chi connectivity index (χ1) is 8.06. The number of aromatic nitrogens is 2. The lowest BCUT2D eigenvalue weighted by molar-refractivity contribution is 0.0951. The van der Waals surface area contributed by atoms with Gasteiger partial charge in [0.1, 0.15) is 0 Å². The molecule has 0 spiro atoms. The van der Waals surface area contributed by atoms with E-state index in [1.807, 2.05) is 25.9 Å². The van der Waals surface area contributed by atoms with Crippen LogP contribution in [0.3, 0.4) is 0 Å². The molecule has 1 amide bonds. The number of nitrogens with zero attached hydrogens (tertiary/aromatic N) is 3. The number of carbonyl (C=O) groups excluding carboxylic acids is 1. The summed E-state index contributed by atoms with van der Waals surface area (Å²) in [6, 6.07) is 0. The number of aryl methyl sites for hydroxylation is 1. The number of nitrogens with one attached hydrogen (secondary N) is 1. The van der Waals surface area contributed by atoms with E-state index < -0.39 is 0 Å². The molecule has 0 aliphatic carbocycles. The average Bonchev–Trinajstić information content (AvgIpc) is 2.28. The van der Waals surface area contributed by atoms with Crippen molar-refractivity contribution in [3.8, 4) is 0 Å². The predicted molar refractivity (Wildman–Crippen MR) is 68.3 cm³/mol. The van der Waals surface area contributed by atoms with Crippen molar-refractivity contribution in [1.82, 2.24) is 15.3 Å². The minimum atomic E-state index is -0.0961. The summed E-state index contributed by atoms with van der Waals surface area (Å²) >= 11 is 0. The zero-order chi connectivity index (χ0) is 12.8. The summed E-state index contributed by atoms with van der Waals surface area (Å²) in [5.74, 6) is 0.522. The Hall–Kier alpha value is -1.65. The van der Waals surface area contributed by atoms with Gasteiger partial charge in [0, 0.05) is 26.8 Å². The van der Waals surface area contributed by atoms with Gasteiger partial charge in [-0.3, -0.25) is 4.79 Å². The Bertz CT molecular complexity index is 390. The van der Waals surface area contributed by atoms with Crippen molar-refractivity contribution < 1.29 is 4.79 Å². The summed E-state index contributed by atoms with van der Waals surface area (Å²) in [4.78, 5) is 22.0. The van der Waals surface area contributed by atoms with Crippen LogP contribution in [0.5, 0.6) is 0 Å². The molecule has 0 fully saturated rings. The number of unbranched alkanes of at least 4 members (excludes halogenated alkanes) is 1. The molecule has 5 heteroatoms. The molecule has 0 aliphatic heterocycles. The summed E-state index contributed by atoms with van der Waals surface area (Å²) in [6.45, 7) is 4.61. The Labute approximate surface area is 102 Å². The second-order valence-corrected chi connectivity index (χ2v) is 4.17. The Morgan fingerprint density at radius 2 is 2.18 bits per heavy atom. The highest BCUT2D eigenvalue weighted by molar-refractivity contribution is 5.94. The number of rotatable bonds is 5. The monoisotopic (exact) mass is 236 g/mol. The van der Waals surface area contributed by atoms with Crippen molar-refractivity contribution in [1.29, 1.82) is 0 Å². The van der Waals surface area contributed by atoms with Crippen molar-refractivity contribution in [2.45, 2.75) is 26.7 Å². The Kier molecular flexibility index (Phi) is 4.87. The number of carbonyl (C=O) groups is 1. The first-order valence-corrected chi connectivity index (χ1v) is 5.85. The van der Waals surface area contributed by atoms with Crippen molar-refractivity contribution in [2.24, 2.45) is 0 Å². The maximum Gasteiger partial charge on any atom is 0.254 e.